The van der Waals surface area contributed by atoms with Crippen LogP contribution in [0.3, 0.4) is 0 Å². The Morgan fingerprint density at radius 1 is 0.909 bits per heavy atom. The van der Waals surface area contributed by atoms with Crippen LogP contribution in [-0.2, 0) is 0 Å². The first kappa shape index (κ1) is 12.6. The third kappa shape index (κ3) is 2.11. The molecule has 4 aromatic rings. The predicted molar refractivity (Wildman–Crippen MR) is 86.6 cm³/mol. The van der Waals surface area contributed by atoms with Crippen molar-refractivity contribution in [1.29, 1.82) is 0 Å². The molecule has 0 fully saturated rings. The lowest BCUT2D eigenvalue weighted by Gasteiger charge is -2.09. The van der Waals surface area contributed by atoms with Gasteiger partial charge in [-0.3, -0.25) is 4.98 Å². The van der Waals surface area contributed by atoms with E-state index in [1.807, 2.05) is 48.8 Å². The Morgan fingerprint density at radius 2 is 1.82 bits per heavy atom. The molecule has 0 spiro atoms. The molecule has 0 radical (unpaired) electrons. The van der Waals surface area contributed by atoms with Crippen LogP contribution in [0.2, 0.25) is 0 Å². The first-order valence-corrected chi connectivity index (χ1v) is 7.10. The molecule has 1 aromatic carbocycles. The molecule has 0 unspecified atom stereocenters. The van der Waals surface area contributed by atoms with Crippen molar-refractivity contribution in [3.63, 3.8) is 0 Å². The summed E-state index contributed by atoms with van der Waals surface area (Å²) in [5.41, 5.74) is 5.13. The standard InChI is InChI=1S/C18H14N4/c1-2-6-14(7-3-1)17-18(21-13-20-17)16-9-5-11-22(16)15-8-4-10-19-12-15/h1-13H,(H,20,21). The monoisotopic (exact) mass is 286 g/mol. The highest BCUT2D eigenvalue weighted by atomic mass is 15.0. The van der Waals surface area contributed by atoms with Crippen LogP contribution in [0.25, 0.3) is 28.3 Å². The molecule has 0 bridgehead atoms. The third-order valence-corrected chi connectivity index (χ3v) is 3.62. The molecule has 22 heavy (non-hydrogen) atoms. The van der Waals surface area contributed by atoms with E-state index in [4.69, 9.17) is 0 Å². The summed E-state index contributed by atoms with van der Waals surface area (Å²) in [4.78, 5) is 12.0. The van der Waals surface area contributed by atoms with Gasteiger partial charge in [0.1, 0.15) is 0 Å². The van der Waals surface area contributed by atoms with Gasteiger partial charge in [-0.2, -0.15) is 0 Å². The minimum atomic E-state index is 0.949. The number of hydrogen-bond acceptors (Lipinski definition) is 2. The highest BCUT2D eigenvalue weighted by Crippen LogP contribution is 2.30. The van der Waals surface area contributed by atoms with E-state index in [-0.39, 0.29) is 0 Å². The summed E-state index contributed by atoms with van der Waals surface area (Å²) in [6.45, 7) is 0. The van der Waals surface area contributed by atoms with Gasteiger partial charge in [0.25, 0.3) is 0 Å². The van der Waals surface area contributed by atoms with E-state index in [1.165, 1.54) is 0 Å². The molecule has 4 heteroatoms. The van der Waals surface area contributed by atoms with Gasteiger partial charge in [0.2, 0.25) is 0 Å². The van der Waals surface area contributed by atoms with Crippen molar-refractivity contribution in [2.75, 3.05) is 0 Å². The maximum atomic E-state index is 4.49. The van der Waals surface area contributed by atoms with Crippen LogP contribution in [0, 0.1) is 0 Å². The second-order valence-corrected chi connectivity index (χ2v) is 4.97. The molecular formula is C18H14N4. The van der Waals surface area contributed by atoms with Gasteiger partial charge in [-0.05, 0) is 24.3 Å². The van der Waals surface area contributed by atoms with Crippen molar-refractivity contribution in [2.24, 2.45) is 0 Å². The van der Waals surface area contributed by atoms with Crippen molar-refractivity contribution >= 4 is 0 Å². The van der Waals surface area contributed by atoms with Crippen molar-refractivity contribution in [1.82, 2.24) is 19.5 Å². The number of aromatic nitrogens is 4. The van der Waals surface area contributed by atoms with Crippen LogP contribution < -0.4 is 0 Å². The Hall–Kier alpha value is -3.14. The molecule has 106 valence electrons. The summed E-state index contributed by atoms with van der Waals surface area (Å²) in [6.07, 6.45) is 7.39. The molecule has 0 aliphatic heterocycles. The van der Waals surface area contributed by atoms with Gasteiger partial charge in [-0.25, -0.2) is 4.98 Å². The second kappa shape index (κ2) is 5.33. The summed E-state index contributed by atoms with van der Waals surface area (Å²) in [7, 11) is 0. The summed E-state index contributed by atoms with van der Waals surface area (Å²) >= 11 is 0. The number of nitrogens with zero attached hydrogens (tertiary/aromatic N) is 3. The van der Waals surface area contributed by atoms with E-state index in [1.54, 1.807) is 12.5 Å². The predicted octanol–water partition coefficient (Wildman–Crippen LogP) is 3.93. The van der Waals surface area contributed by atoms with Crippen molar-refractivity contribution < 1.29 is 0 Å². The molecule has 0 saturated carbocycles. The number of H-pyrrole nitrogens is 1. The number of benzene rings is 1. The zero-order chi connectivity index (χ0) is 14.8. The molecule has 4 nitrogen and oxygen atoms in total. The Balaban J connectivity index is 1.86. The first-order valence-electron chi connectivity index (χ1n) is 7.10. The fraction of sp³-hybridized carbons (Fsp3) is 0. The molecule has 0 saturated heterocycles. The summed E-state index contributed by atoms with van der Waals surface area (Å²) < 4.78 is 2.10. The largest absolute Gasteiger partial charge is 0.343 e. The highest BCUT2D eigenvalue weighted by molar-refractivity contribution is 5.77. The number of pyridine rings is 1. The Kier molecular flexibility index (Phi) is 3.05. The van der Waals surface area contributed by atoms with Crippen LogP contribution in [0.4, 0.5) is 0 Å². The molecule has 0 aliphatic rings. The quantitative estimate of drug-likeness (QED) is 0.620. The van der Waals surface area contributed by atoms with Gasteiger partial charge in [-0.15, -0.1) is 0 Å². The zero-order valence-corrected chi connectivity index (χ0v) is 11.8. The SMILES string of the molecule is c1ccc(-c2nc[nH]c2-c2cccn2-c2cccnc2)cc1. The lowest BCUT2D eigenvalue weighted by atomic mass is 10.1. The molecule has 0 aliphatic carbocycles. The molecule has 4 rings (SSSR count). The van der Waals surface area contributed by atoms with E-state index in [2.05, 4.69) is 37.7 Å². The fourth-order valence-corrected chi connectivity index (χ4v) is 2.61. The van der Waals surface area contributed by atoms with Gasteiger partial charge in [0.05, 0.1) is 35.3 Å². The Bertz CT molecular complexity index is 800. The van der Waals surface area contributed by atoms with Gasteiger partial charge < -0.3 is 9.55 Å². The normalized spacial score (nSPS) is 10.7. The number of imidazole rings is 1. The van der Waals surface area contributed by atoms with Crippen LogP contribution in [0.15, 0.2) is 79.5 Å². The van der Waals surface area contributed by atoms with E-state index in [0.29, 0.717) is 0 Å². The minimum Gasteiger partial charge on any atom is -0.343 e. The number of hydrogen-bond donors (Lipinski definition) is 1. The molecule has 3 heterocycles. The van der Waals surface area contributed by atoms with E-state index >= 15 is 0 Å². The van der Waals surface area contributed by atoms with Gasteiger partial charge in [-0.1, -0.05) is 30.3 Å². The maximum Gasteiger partial charge on any atom is 0.0976 e. The van der Waals surface area contributed by atoms with E-state index in [0.717, 1.165) is 28.3 Å². The van der Waals surface area contributed by atoms with Crippen LogP contribution in [-0.4, -0.2) is 19.5 Å². The summed E-state index contributed by atoms with van der Waals surface area (Å²) in [5, 5.41) is 0. The number of nitrogens with one attached hydrogen (secondary N) is 1. The molecule has 0 atom stereocenters. The Morgan fingerprint density at radius 3 is 2.64 bits per heavy atom. The average Bonchev–Trinajstić information content (AvgIpc) is 3.25. The average molecular weight is 286 g/mol. The van der Waals surface area contributed by atoms with Crippen LogP contribution in [0.1, 0.15) is 0 Å². The van der Waals surface area contributed by atoms with Gasteiger partial charge in [0.15, 0.2) is 0 Å². The number of aromatic amines is 1. The van der Waals surface area contributed by atoms with E-state index < -0.39 is 0 Å². The zero-order valence-electron chi connectivity index (χ0n) is 11.8. The second-order valence-electron chi connectivity index (χ2n) is 4.97. The molecule has 1 N–H and O–H groups in total. The highest BCUT2D eigenvalue weighted by Gasteiger charge is 2.14. The van der Waals surface area contributed by atoms with Crippen molar-refractivity contribution in [2.45, 2.75) is 0 Å². The van der Waals surface area contributed by atoms with Crippen molar-refractivity contribution in [3.05, 3.63) is 79.5 Å². The fourth-order valence-electron chi connectivity index (χ4n) is 2.61. The van der Waals surface area contributed by atoms with Gasteiger partial charge in [0, 0.05) is 18.0 Å². The lowest BCUT2D eigenvalue weighted by molar-refractivity contribution is 1.06. The Labute approximate surface area is 128 Å². The minimum absolute atomic E-state index is 0.949. The smallest absolute Gasteiger partial charge is 0.0976 e. The maximum absolute atomic E-state index is 4.49. The first-order chi connectivity index (χ1) is 10.9. The van der Waals surface area contributed by atoms with E-state index in [9.17, 15) is 0 Å². The molecule has 3 aromatic heterocycles. The third-order valence-electron chi connectivity index (χ3n) is 3.62. The van der Waals surface area contributed by atoms with Crippen molar-refractivity contribution in [3.8, 4) is 28.3 Å². The lowest BCUT2D eigenvalue weighted by Crippen LogP contribution is -1.96. The topological polar surface area (TPSA) is 46.5 Å². The van der Waals surface area contributed by atoms with Crippen LogP contribution in [0.5, 0.6) is 0 Å². The summed E-state index contributed by atoms with van der Waals surface area (Å²) in [6, 6.07) is 18.3. The van der Waals surface area contributed by atoms with Crippen LogP contribution >= 0.6 is 0 Å². The molecule has 0 amide bonds. The van der Waals surface area contributed by atoms with Gasteiger partial charge >= 0.3 is 0 Å². The summed E-state index contributed by atoms with van der Waals surface area (Å²) in [5.74, 6) is 0. The number of rotatable bonds is 3. The molecular weight excluding hydrogens is 272 g/mol.